The lowest BCUT2D eigenvalue weighted by Gasteiger charge is -2.19. The average Bonchev–Trinajstić information content (AvgIpc) is 3.49. The molecule has 3 amide bonds. The van der Waals surface area contributed by atoms with Crippen LogP contribution in [0.15, 0.2) is 77.7 Å². The van der Waals surface area contributed by atoms with E-state index in [1.807, 2.05) is 25.1 Å². The summed E-state index contributed by atoms with van der Waals surface area (Å²) in [7, 11) is 0. The second-order valence-electron chi connectivity index (χ2n) is 8.63. The van der Waals surface area contributed by atoms with Gasteiger partial charge in [0.25, 0.3) is 11.5 Å². The third-order valence-corrected chi connectivity index (χ3v) is 7.48. The molecule has 0 spiro atoms. The summed E-state index contributed by atoms with van der Waals surface area (Å²) in [5.74, 6) is -1.03. The van der Waals surface area contributed by atoms with E-state index in [2.05, 4.69) is 10.6 Å². The maximum absolute atomic E-state index is 14.9. The molecule has 0 bridgehead atoms. The van der Waals surface area contributed by atoms with Gasteiger partial charge in [0.05, 0.1) is 20.6 Å². The number of carbonyl (C=O) groups is 2. The number of carbonyl (C=O) groups excluding carboxylic acids is 2. The number of hydrogen-bond acceptors (Lipinski definition) is 4. The number of aromatic nitrogens is 1. The Kier molecular flexibility index (Phi) is 6.82. The number of nitrogens with zero attached hydrogens (tertiary/aromatic N) is 2. The molecule has 7 nitrogen and oxygen atoms in total. The molecule has 2 aromatic carbocycles. The average molecular weight is 537 g/mol. The van der Waals surface area contributed by atoms with Crippen molar-refractivity contribution in [1.29, 1.82) is 0 Å². The highest BCUT2D eigenvalue weighted by Crippen LogP contribution is 2.38. The molecule has 1 atom stereocenters. The van der Waals surface area contributed by atoms with Crippen LogP contribution in [-0.4, -0.2) is 29.6 Å². The van der Waals surface area contributed by atoms with Crippen molar-refractivity contribution < 1.29 is 14.0 Å². The van der Waals surface area contributed by atoms with E-state index in [0.717, 1.165) is 11.1 Å². The largest absolute Gasteiger partial charge is 0.351 e. The van der Waals surface area contributed by atoms with Crippen LogP contribution in [0.5, 0.6) is 0 Å². The third kappa shape index (κ3) is 5.00. The molecule has 0 aliphatic carbocycles. The van der Waals surface area contributed by atoms with E-state index in [0.29, 0.717) is 33.7 Å². The lowest BCUT2D eigenvalue weighted by Crippen LogP contribution is -2.36. The summed E-state index contributed by atoms with van der Waals surface area (Å²) in [6, 6.07) is 17.4. The summed E-state index contributed by atoms with van der Waals surface area (Å²) in [6.07, 6.45) is 1.55. The molecule has 0 fully saturated rings. The number of rotatable bonds is 5. The van der Waals surface area contributed by atoms with Gasteiger partial charge < -0.3 is 10.6 Å². The normalized spacial score (nSPS) is 14.4. The number of amides is 3. The molecule has 2 aromatic heterocycles. The van der Waals surface area contributed by atoms with Crippen molar-refractivity contribution in [3.8, 4) is 5.69 Å². The first-order valence-electron chi connectivity index (χ1n) is 11.5. The maximum atomic E-state index is 14.9. The number of thiophene rings is 1. The Morgan fingerprint density at radius 1 is 1.11 bits per heavy atom. The first-order valence-corrected chi connectivity index (χ1v) is 12.7. The van der Waals surface area contributed by atoms with E-state index < -0.39 is 11.8 Å². The van der Waals surface area contributed by atoms with Gasteiger partial charge in [0.1, 0.15) is 5.82 Å². The molecule has 2 N–H and O–H groups in total. The summed E-state index contributed by atoms with van der Waals surface area (Å²) in [4.78, 5) is 39.9. The van der Waals surface area contributed by atoms with Crippen molar-refractivity contribution in [2.24, 2.45) is 0 Å². The Morgan fingerprint density at radius 2 is 1.95 bits per heavy atom. The van der Waals surface area contributed by atoms with E-state index >= 15 is 0 Å². The molecule has 3 heterocycles. The van der Waals surface area contributed by atoms with Crippen LogP contribution in [0.3, 0.4) is 0 Å². The quantitative estimate of drug-likeness (QED) is 0.350. The molecule has 1 aliphatic rings. The van der Waals surface area contributed by atoms with Gasteiger partial charge in [-0.3, -0.25) is 19.1 Å². The van der Waals surface area contributed by atoms with Crippen LogP contribution in [0, 0.1) is 12.7 Å². The number of nitrogens with one attached hydrogen (secondary N) is 2. The minimum atomic E-state index is -0.663. The van der Waals surface area contributed by atoms with E-state index in [9.17, 15) is 18.8 Å². The molecular weight excluding hydrogens is 515 g/mol. The monoisotopic (exact) mass is 536 g/mol. The van der Waals surface area contributed by atoms with Crippen molar-refractivity contribution in [2.45, 2.75) is 12.8 Å². The highest BCUT2D eigenvalue weighted by molar-refractivity contribution is 7.18. The van der Waals surface area contributed by atoms with Crippen molar-refractivity contribution >= 4 is 46.3 Å². The minimum absolute atomic E-state index is 0.00161. The number of fused-ring (bicyclic) bond motifs is 1. The van der Waals surface area contributed by atoms with Crippen LogP contribution < -0.4 is 21.1 Å². The molecule has 188 valence electrons. The highest BCUT2D eigenvalue weighted by Gasteiger charge is 2.34. The molecule has 10 heteroatoms. The summed E-state index contributed by atoms with van der Waals surface area (Å²) in [6.45, 7) is 2.60. The first kappa shape index (κ1) is 24.7. The number of benzene rings is 2. The lowest BCUT2D eigenvalue weighted by atomic mass is 9.96. The van der Waals surface area contributed by atoms with E-state index in [4.69, 9.17) is 11.6 Å². The standard InChI is InChI=1S/C27H22ClFN4O3S/c1-16-5-4-6-21-25(16)17(14-30-26(35)22-10-11-23(28)37-22)15-33(21)27(36)31-20-9-8-18(13-19(20)29)32-12-3-2-7-24(32)34/h2-13,17H,14-15H2,1H3,(H,30,35)(H,31,36). The van der Waals surface area contributed by atoms with E-state index in [1.54, 1.807) is 41.4 Å². The summed E-state index contributed by atoms with van der Waals surface area (Å²) in [5.41, 5.74) is 2.73. The van der Waals surface area contributed by atoms with Gasteiger partial charge in [-0.15, -0.1) is 11.3 Å². The molecule has 1 aliphatic heterocycles. The molecule has 0 radical (unpaired) electrons. The Bertz CT molecular complexity index is 1570. The number of pyridine rings is 1. The number of hydrogen-bond donors (Lipinski definition) is 2. The molecule has 4 aromatic rings. The molecule has 1 unspecified atom stereocenters. The summed E-state index contributed by atoms with van der Waals surface area (Å²) < 4.78 is 16.8. The van der Waals surface area contributed by atoms with Gasteiger partial charge in [-0.2, -0.15) is 0 Å². The van der Waals surface area contributed by atoms with Gasteiger partial charge in [0.15, 0.2) is 0 Å². The zero-order valence-corrected chi connectivity index (χ0v) is 21.3. The topological polar surface area (TPSA) is 83.4 Å². The Balaban J connectivity index is 1.33. The second kappa shape index (κ2) is 10.2. The minimum Gasteiger partial charge on any atom is -0.351 e. The molecular formula is C27H22ClFN4O3S. The van der Waals surface area contributed by atoms with Crippen LogP contribution >= 0.6 is 22.9 Å². The van der Waals surface area contributed by atoms with Crippen molar-refractivity contribution in [3.05, 3.63) is 109 Å². The summed E-state index contributed by atoms with van der Waals surface area (Å²) in [5, 5.41) is 5.58. The van der Waals surface area contributed by atoms with Gasteiger partial charge in [0, 0.05) is 43.0 Å². The zero-order valence-electron chi connectivity index (χ0n) is 19.7. The molecule has 0 saturated carbocycles. The van der Waals surface area contributed by atoms with Crippen LogP contribution in [-0.2, 0) is 0 Å². The summed E-state index contributed by atoms with van der Waals surface area (Å²) >= 11 is 7.14. The van der Waals surface area contributed by atoms with Crippen molar-refractivity contribution in [1.82, 2.24) is 9.88 Å². The number of urea groups is 1. The lowest BCUT2D eigenvalue weighted by molar-refractivity contribution is 0.0955. The fraction of sp³-hybridized carbons (Fsp3) is 0.148. The Morgan fingerprint density at radius 3 is 2.68 bits per heavy atom. The van der Waals surface area contributed by atoms with Crippen LogP contribution in [0.4, 0.5) is 20.6 Å². The van der Waals surface area contributed by atoms with Crippen LogP contribution in [0.1, 0.15) is 26.7 Å². The van der Waals surface area contributed by atoms with Gasteiger partial charge >= 0.3 is 6.03 Å². The van der Waals surface area contributed by atoms with Gasteiger partial charge in [-0.05, 0) is 54.4 Å². The number of aryl methyl sites for hydroxylation is 1. The SMILES string of the molecule is Cc1cccc2c1C(CNC(=O)c1ccc(Cl)s1)CN2C(=O)Nc1ccc(-n2ccccc2=O)cc1F. The number of halogens is 2. The van der Waals surface area contributed by atoms with Crippen LogP contribution in [0.2, 0.25) is 4.34 Å². The Hall–Kier alpha value is -3.95. The van der Waals surface area contributed by atoms with E-state index in [-0.39, 0.29) is 23.1 Å². The van der Waals surface area contributed by atoms with Crippen molar-refractivity contribution in [3.63, 3.8) is 0 Å². The molecule has 5 rings (SSSR count). The van der Waals surface area contributed by atoms with Crippen LogP contribution in [0.25, 0.3) is 5.69 Å². The fourth-order valence-corrected chi connectivity index (χ4v) is 5.48. The predicted octanol–water partition coefficient (Wildman–Crippen LogP) is 5.57. The van der Waals surface area contributed by atoms with Gasteiger partial charge in [-0.25, -0.2) is 9.18 Å². The fourth-order valence-electron chi connectivity index (χ4n) is 4.52. The zero-order chi connectivity index (χ0) is 26.1. The molecule has 0 saturated heterocycles. The number of anilines is 2. The Labute approximate surface area is 221 Å². The van der Waals surface area contributed by atoms with Gasteiger partial charge in [-0.1, -0.05) is 29.8 Å². The van der Waals surface area contributed by atoms with E-state index in [1.165, 1.54) is 34.1 Å². The first-order chi connectivity index (χ1) is 17.8. The van der Waals surface area contributed by atoms with Crippen molar-refractivity contribution in [2.75, 3.05) is 23.3 Å². The highest BCUT2D eigenvalue weighted by atomic mass is 35.5. The third-order valence-electron chi connectivity index (χ3n) is 6.25. The smallest absolute Gasteiger partial charge is 0.326 e. The second-order valence-corrected chi connectivity index (χ2v) is 10.3. The van der Waals surface area contributed by atoms with Gasteiger partial charge in [0.2, 0.25) is 0 Å². The maximum Gasteiger partial charge on any atom is 0.326 e. The predicted molar refractivity (Wildman–Crippen MR) is 144 cm³/mol. The molecule has 37 heavy (non-hydrogen) atoms.